The van der Waals surface area contributed by atoms with E-state index in [0.717, 1.165) is 16.8 Å². The van der Waals surface area contributed by atoms with Gasteiger partial charge >= 0.3 is 0 Å². The molecular formula is C23H19N3O2. The van der Waals surface area contributed by atoms with Gasteiger partial charge in [-0.25, -0.2) is 5.01 Å². The molecule has 3 aromatic rings. The first-order chi connectivity index (χ1) is 13.7. The van der Waals surface area contributed by atoms with Crippen molar-refractivity contribution in [3.05, 3.63) is 102 Å². The minimum absolute atomic E-state index is 0.125. The maximum absolute atomic E-state index is 13.1. The zero-order valence-electron chi connectivity index (χ0n) is 15.4. The summed E-state index contributed by atoms with van der Waals surface area (Å²) in [4.78, 5) is 14.7. The number of likely N-dealkylation sites (N-methyl/N-ethyl adjacent to an activating group) is 1. The van der Waals surface area contributed by atoms with Crippen molar-refractivity contribution in [1.82, 2.24) is 4.90 Å². The van der Waals surface area contributed by atoms with Gasteiger partial charge < -0.3 is 10.0 Å². The van der Waals surface area contributed by atoms with Gasteiger partial charge in [-0.3, -0.25) is 4.79 Å². The zero-order valence-corrected chi connectivity index (χ0v) is 15.4. The Hall–Kier alpha value is -3.44. The van der Waals surface area contributed by atoms with Crippen molar-refractivity contribution in [3.63, 3.8) is 0 Å². The quantitative estimate of drug-likeness (QED) is 0.755. The molecule has 2 atom stereocenters. The summed E-state index contributed by atoms with van der Waals surface area (Å²) in [6.45, 7) is 0. The Balaban J connectivity index is 1.78. The number of hydrazone groups is 1. The highest BCUT2D eigenvalue weighted by Crippen LogP contribution is 2.49. The van der Waals surface area contributed by atoms with E-state index in [1.54, 1.807) is 23.0 Å². The SMILES string of the molecule is CN1C(=O)c2ccccc2C12C(O)C(c1ccccc1)=NN2c1ccccc1. The van der Waals surface area contributed by atoms with Gasteiger partial charge in [0, 0.05) is 23.7 Å². The van der Waals surface area contributed by atoms with Crippen LogP contribution in [0.2, 0.25) is 0 Å². The van der Waals surface area contributed by atoms with Crippen molar-refractivity contribution in [2.75, 3.05) is 12.1 Å². The number of para-hydroxylation sites is 1. The van der Waals surface area contributed by atoms with E-state index in [-0.39, 0.29) is 5.91 Å². The molecule has 1 N–H and O–H groups in total. The summed E-state index contributed by atoms with van der Waals surface area (Å²) in [7, 11) is 1.73. The zero-order chi connectivity index (χ0) is 19.3. The van der Waals surface area contributed by atoms with Crippen molar-refractivity contribution in [1.29, 1.82) is 0 Å². The number of aliphatic hydroxyl groups excluding tert-OH is 1. The second kappa shape index (κ2) is 6.04. The molecule has 0 saturated carbocycles. The Kier molecular flexibility index (Phi) is 3.60. The van der Waals surface area contributed by atoms with Crippen LogP contribution in [0.15, 0.2) is 90.0 Å². The number of benzene rings is 3. The third-order valence-corrected chi connectivity index (χ3v) is 5.61. The van der Waals surface area contributed by atoms with E-state index >= 15 is 0 Å². The molecule has 0 aliphatic carbocycles. The lowest BCUT2D eigenvalue weighted by molar-refractivity contribution is 0.0297. The fourth-order valence-corrected chi connectivity index (χ4v) is 4.29. The average Bonchev–Trinajstić information content (AvgIpc) is 3.18. The topological polar surface area (TPSA) is 56.1 Å². The number of rotatable bonds is 2. The Morgan fingerprint density at radius 1 is 0.893 bits per heavy atom. The summed E-state index contributed by atoms with van der Waals surface area (Å²) < 4.78 is 0. The molecule has 5 rings (SSSR count). The van der Waals surface area contributed by atoms with Gasteiger partial charge in [-0.05, 0) is 18.2 Å². The molecule has 28 heavy (non-hydrogen) atoms. The van der Waals surface area contributed by atoms with Gasteiger partial charge in [0.25, 0.3) is 5.91 Å². The molecule has 0 aromatic heterocycles. The minimum Gasteiger partial charge on any atom is -0.382 e. The predicted molar refractivity (Wildman–Crippen MR) is 108 cm³/mol. The molecule has 2 heterocycles. The molecule has 2 aliphatic heterocycles. The van der Waals surface area contributed by atoms with E-state index in [2.05, 4.69) is 0 Å². The minimum atomic E-state index is -1.12. The second-order valence-electron chi connectivity index (χ2n) is 7.04. The van der Waals surface area contributed by atoms with Crippen LogP contribution in [0.25, 0.3) is 0 Å². The van der Waals surface area contributed by atoms with Crippen LogP contribution in [0.5, 0.6) is 0 Å². The van der Waals surface area contributed by atoms with Gasteiger partial charge in [0.05, 0.1) is 5.69 Å². The predicted octanol–water partition coefficient (Wildman–Crippen LogP) is 3.21. The largest absolute Gasteiger partial charge is 0.382 e. The highest BCUT2D eigenvalue weighted by atomic mass is 16.3. The van der Waals surface area contributed by atoms with Crippen molar-refractivity contribution >= 4 is 17.3 Å². The van der Waals surface area contributed by atoms with E-state index in [4.69, 9.17) is 5.10 Å². The third-order valence-electron chi connectivity index (χ3n) is 5.61. The van der Waals surface area contributed by atoms with Gasteiger partial charge in [0.2, 0.25) is 0 Å². The van der Waals surface area contributed by atoms with Gasteiger partial charge in [0.15, 0.2) is 5.66 Å². The van der Waals surface area contributed by atoms with Crippen LogP contribution in [0, 0.1) is 0 Å². The molecular weight excluding hydrogens is 350 g/mol. The van der Waals surface area contributed by atoms with Gasteiger partial charge in [0.1, 0.15) is 11.8 Å². The van der Waals surface area contributed by atoms with E-state index in [0.29, 0.717) is 11.3 Å². The van der Waals surface area contributed by atoms with Gasteiger partial charge in [-0.1, -0.05) is 66.7 Å². The molecule has 0 bridgehead atoms. The second-order valence-corrected chi connectivity index (χ2v) is 7.04. The van der Waals surface area contributed by atoms with Crippen LogP contribution in [0.4, 0.5) is 5.69 Å². The number of aliphatic hydroxyl groups is 1. The van der Waals surface area contributed by atoms with Crippen LogP contribution >= 0.6 is 0 Å². The van der Waals surface area contributed by atoms with Crippen LogP contribution < -0.4 is 5.01 Å². The lowest BCUT2D eigenvalue weighted by Crippen LogP contribution is -2.58. The summed E-state index contributed by atoms with van der Waals surface area (Å²) in [6.07, 6.45) is -1.01. The normalized spacial score (nSPS) is 23.3. The summed E-state index contributed by atoms with van der Waals surface area (Å²) >= 11 is 0. The number of carbonyl (C=O) groups excluding carboxylic acids is 1. The number of anilines is 1. The summed E-state index contributed by atoms with van der Waals surface area (Å²) in [5.41, 5.74) is 2.41. The summed E-state index contributed by atoms with van der Waals surface area (Å²) in [6, 6.07) is 26.7. The van der Waals surface area contributed by atoms with E-state index in [1.165, 1.54) is 0 Å². The summed E-state index contributed by atoms with van der Waals surface area (Å²) in [5, 5.41) is 18.2. The number of hydrogen-bond donors (Lipinski definition) is 1. The lowest BCUT2D eigenvalue weighted by atomic mass is 9.88. The first kappa shape index (κ1) is 16.7. The molecule has 1 amide bonds. The number of nitrogens with zero attached hydrogens (tertiary/aromatic N) is 3. The third kappa shape index (κ3) is 2.05. The Morgan fingerprint density at radius 3 is 2.21 bits per heavy atom. The molecule has 0 saturated heterocycles. The standard InChI is InChI=1S/C23H19N3O2/c1-25-22(28)18-14-8-9-15-19(18)23(25)21(27)20(16-10-4-2-5-11-16)24-26(23)17-12-6-3-7-13-17/h2-15,21,27H,1H3. The smallest absolute Gasteiger partial charge is 0.256 e. The molecule has 1 spiro atoms. The van der Waals surface area contributed by atoms with Gasteiger partial charge in [-0.15, -0.1) is 0 Å². The highest BCUT2D eigenvalue weighted by molar-refractivity contribution is 6.10. The Labute approximate surface area is 163 Å². The van der Waals surface area contributed by atoms with Crippen molar-refractivity contribution in [2.45, 2.75) is 11.8 Å². The lowest BCUT2D eigenvalue weighted by Gasteiger charge is -2.42. The molecule has 5 nitrogen and oxygen atoms in total. The van der Waals surface area contributed by atoms with Crippen LogP contribution in [-0.4, -0.2) is 34.8 Å². The van der Waals surface area contributed by atoms with E-state index in [9.17, 15) is 9.90 Å². The average molecular weight is 369 g/mol. The number of hydrogen-bond acceptors (Lipinski definition) is 4. The first-order valence-corrected chi connectivity index (χ1v) is 9.20. The molecule has 138 valence electrons. The van der Waals surface area contributed by atoms with Crippen LogP contribution in [-0.2, 0) is 5.66 Å². The molecule has 0 fully saturated rings. The molecule has 0 radical (unpaired) electrons. The Morgan fingerprint density at radius 2 is 1.50 bits per heavy atom. The number of carbonyl (C=O) groups is 1. The molecule has 5 heteroatoms. The maximum atomic E-state index is 13.1. The van der Waals surface area contributed by atoms with Crippen LogP contribution in [0.1, 0.15) is 21.5 Å². The van der Waals surface area contributed by atoms with Crippen molar-refractivity contribution < 1.29 is 9.90 Å². The van der Waals surface area contributed by atoms with E-state index < -0.39 is 11.8 Å². The maximum Gasteiger partial charge on any atom is 0.256 e. The fourth-order valence-electron chi connectivity index (χ4n) is 4.29. The Bertz CT molecular complexity index is 1080. The van der Waals surface area contributed by atoms with E-state index in [1.807, 2.05) is 78.9 Å². The summed E-state index contributed by atoms with van der Waals surface area (Å²) in [5.74, 6) is -0.125. The molecule has 2 aliphatic rings. The monoisotopic (exact) mass is 369 g/mol. The molecule has 3 aromatic carbocycles. The van der Waals surface area contributed by atoms with Crippen molar-refractivity contribution in [2.24, 2.45) is 5.10 Å². The van der Waals surface area contributed by atoms with Crippen LogP contribution in [0.3, 0.4) is 0 Å². The van der Waals surface area contributed by atoms with Crippen molar-refractivity contribution in [3.8, 4) is 0 Å². The number of amides is 1. The molecule has 2 unspecified atom stereocenters. The highest BCUT2D eigenvalue weighted by Gasteiger charge is 2.61. The van der Waals surface area contributed by atoms with Gasteiger partial charge in [-0.2, -0.15) is 5.10 Å². The first-order valence-electron chi connectivity index (χ1n) is 9.20. The number of fused-ring (bicyclic) bond motifs is 2. The fraction of sp³-hybridized carbons (Fsp3) is 0.130.